The van der Waals surface area contributed by atoms with E-state index in [9.17, 15) is 9.59 Å². The number of nitrogens with zero attached hydrogens (tertiary/aromatic N) is 2. The molecule has 3 aliphatic rings. The SMILES string of the molecule is O=C(CCCC[C@@H]1SC[C@@H]2NC(=O)N[C@@H]21)NC1CCN(c2ccncc2)CC1. The number of anilines is 1. The van der Waals surface area contributed by atoms with Crippen molar-refractivity contribution >= 4 is 29.4 Å². The van der Waals surface area contributed by atoms with Gasteiger partial charge in [0, 0.05) is 54.6 Å². The summed E-state index contributed by atoms with van der Waals surface area (Å²) in [6.45, 7) is 1.94. The average molecular weight is 404 g/mol. The highest BCUT2D eigenvalue weighted by molar-refractivity contribution is 8.00. The zero-order valence-corrected chi connectivity index (χ0v) is 16.9. The lowest BCUT2D eigenvalue weighted by atomic mass is 10.0. The summed E-state index contributed by atoms with van der Waals surface area (Å²) in [4.78, 5) is 30.1. The van der Waals surface area contributed by atoms with E-state index in [1.54, 1.807) is 0 Å². The fourth-order valence-electron chi connectivity index (χ4n) is 4.41. The Bertz CT molecular complexity index is 680. The van der Waals surface area contributed by atoms with Gasteiger partial charge in [0.25, 0.3) is 0 Å². The first kappa shape index (κ1) is 19.4. The Kier molecular flexibility index (Phi) is 6.24. The monoisotopic (exact) mass is 403 g/mol. The molecule has 0 aliphatic carbocycles. The van der Waals surface area contributed by atoms with E-state index in [1.807, 2.05) is 36.3 Å². The highest BCUT2D eigenvalue weighted by Gasteiger charge is 2.42. The van der Waals surface area contributed by atoms with Crippen LogP contribution in [0.25, 0.3) is 0 Å². The van der Waals surface area contributed by atoms with Crippen LogP contribution in [0.1, 0.15) is 38.5 Å². The maximum atomic E-state index is 12.3. The van der Waals surface area contributed by atoms with Crippen molar-refractivity contribution < 1.29 is 9.59 Å². The number of fused-ring (bicyclic) bond motifs is 1. The number of thioether (sulfide) groups is 1. The van der Waals surface area contributed by atoms with Crippen LogP contribution in [0.15, 0.2) is 24.5 Å². The molecule has 0 unspecified atom stereocenters. The Labute approximate surface area is 170 Å². The molecule has 7 nitrogen and oxygen atoms in total. The molecule has 4 heterocycles. The number of rotatable bonds is 7. The Morgan fingerprint density at radius 1 is 1.21 bits per heavy atom. The lowest BCUT2D eigenvalue weighted by Gasteiger charge is -2.33. The minimum atomic E-state index is -0.0327. The molecule has 3 N–H and O–H groups in total. The van der Waals surface area contributed by atoms with Crippen LogP contribution in [-0.2, 0) is 4.79 Å². The summed E-state index contributed by atoms with van der Waals surface area (Å²) < 4.78 is 0. The summed E-state index contributed by atoms with van der Waals surface area (Å²) in [5.74, 6) is 1.17. The minimum absolute atomic E-state index is 0.0327. The van der Waals surface area contributed by atoms with E-state index < -0.39 is 0 Å². The molecule has 28 heavy (non-hydrogen) atoms. The number of carbonyl (C=O) groups excluding carboxylic acids is 2. The first-order valence-corrected chi connectivity index (χ1v) is 11.4. The van der Waals surface area contributed by atoms with Gasteiger partial charge in [-0.2, -0.15) is 11.8 Å². The number of amides is 3. The summed E-state index contributed by atoms with van der Waals surface area (Å²) in [7, 11) is 0. The number of hydrogen-bond donors (Lipinski definition) is 3. The Balaban J connectivity index is 1.10. The number of aromatic nitrogens is 1. The predicted octanol–water partition coefficient (Wildman–Crippen LogP) is 1.89. The van der Waals surface area contributed by atoms with Crippen LogP contribution in [0.5, 0.6) is 0 Å². The quantitative estimate of drug-likeness (QED) is 0.478. The van der Waals surface area contributed by atoms with Crippen molar-refractivity contribution in [2.75, 3.05) is 23.7 Å². The number of hydrogen-bond acceptors (Lipinski definition) is 5. The Hall–Kier alpha value is -1.96. The number of carbonyl (C=O) groups is 2. The van der Waals surface area contributed by atoms with Gasteiger partial charge < -0.3 is 20.9 Å². The largest absolute Gasteiger partial charge is 0.371 e. The number of piperidine rings is 1. The molecule has 3 aliphatic heterocycles. The second-order valence-corrected chi connectivity index (χ2v) is 9.17. The molecule has 152 valence electrons. The van der Waals surface area contributed by atoms with E-state index in [4.69, 9.17) is 0 Å². The third-order valence-corrected chi connectivity index (χ3v) is 7.48. The van der Waals surface area contributed by atoms with Crippen molar-refractivity contribution in [2.24, 2.45) is 0 Å². The number of pyridine rings is 1. The Morgan fingerprint density at radius 3 is 2.79 bits per heavy atom. The van der Waals surface area contributed by atoms with Crippen LogP contribution in [0.2, 0.25) is 0 Å². The van der Waals surface area contributed by atoms with Gasteiger partial charge in [0.1, 0.15) is 0 Å². The molecule has 8 heteroatoms. The van der Waals surface area contributed by atoms with E-state index in [0.29, 0.717) is 11.7 Å². The van der Waals surface area contributed by atoms with Gasteiger partial charge >= 0.3 is 6.03 Å². The molecule has 0 bridgehead atoms. The zero-order chi connectivity index (χ0) is 19.3. The van der Waals surface area contributed by atoms with E-state index in [1.165, 1.54) is 5.69 Å². The fraction of sp³-hybridized carbons (Fsp3) is 0.650. The van der Waals surface area contributed by atoms with Gasteiger partial charge in [0.2, 0.25) is 5.91 Å². The summed E-state index contributed by atoms with van der Waals surface area (Å²) >= 11 is 1.94. The van der Waals surface area contributed by atoms with E-state index in [0.717, 1.165) is 50.9 Å². The highest BCUT2D eigenvalue weighted by atomic mass is 32.2. The zero-order valence-electron chi connectivity index (χ0n) is 16.1. The summed E-state index contributed by atoms with van der Waals surface area (Å²) in [5.41, 5.74) is 1.21. The molecule has 0 spiro atoms. The maximum Gasteiger partial charge on any atom is 0.315 e. The first-order chi connectivity index (χ1) is 13.7. The van der Waals surface area contributed by atoms with Gasteiger partial charge in [0.05, 0.1) is 12.1 Å². The fourth-order valence-corrected chi connectivity index (χ4v) is 5.95. The van der Waals surface area contributed by atoms with E-state index >= 15 is 0 Å². The second-order valence-electron chi connectivity index (χ2n) is 7.90. The molecule has 3 fully saturated rings. The van der Waals surface area contributed by atoms with Crippen LogP contribution >= 0.6 is 11.8 Å². The molecule has 3 atom stereocenters. The Morgan fingerprint density at radius 2 is 2.00 bits per heavy atom. The standard InChI is InChI=1S/C20H29N5O2S/c26-18(4-2-1-3-17-19-16(13-28-17)23-20(27)24-19)22-14-7-11-25(12-8-14)15-5-9-21-10-6-15/h5-6,9-10,14,16-17,19H,1-4,7-8,11-13H2,(H,22,26)(H2,23,24,27)/t16-,17-,19-/m0/s1. The lowest BCUT2D eigenvalue weighted by Crippen LogP contribution is -2.44. The van der Waals surface area contributed by atoms with Gasteiger partial charge in [-0.15, -0.1) is 0 Å². The summed E-state index contributed by atoms with van der Waals surface area (Å²) in [5, 5.41) is 9.69. The van der Waals surface area contributed by atoms with Gasteiger partial charge in [-0.25, -0.2) is 4.79 Å². The average Bonchev–Trinajstić information content (AvgIpc) is 3.26. The molecule has 1 aromatic heterocycles. The van der Waals surface area contributed by atoms with Crippen molar-refractivity contribution in [1.29, 1.82) is 0 Å². The predicted molar refractivity (Wildman–Crippen MR) is 112 cm³/mol. The molecule has 3 amide bonds. The van der Waals surface area contributed by atoms with Crippen molar-refractivity contribution in [3.63, 3.8) is 0 Å². The summed E-state index contributed by atoms with van der Waals surface area (Å²) in [6.07, 6.45) is 9.23. The van der Waals surface area contributed by atoms with E-state index in [2.05, 4.69) is 25.8 Å². The number of nitrogens with one attached hydrogen (secondary N) is 3. The molecule has 3 saturated heterocycles. The molecule has 1 aromatic rings. The van der Waals surface area contributed by atoms with Crippen LogP contribution in [-0.4, -0.2) is 59.1 Å². The number of urea groups is 1. The van der Waals surface area contributed by atoms with Gasteiger partial charge in [-0.05, 0) is 37.8 Å². The normalized spacial score (nSPS) is 27.2. The van der Waals surface area contributed by atoms with Crippen LogP contribution in [0.4, 0.5) is 10.5 Å². The topological polar surface area (TPSA) is 86.4 Å². The molecule has 0 saturated carbocycles. The maximum absolute atomic E-state index is 12.3. The first-order valence-electron chi connectivity index (χ1n) is 10.3. The van der Waals surface area contributed by atoms with Crippen molar-refractivity contribution in [1.82, 2.24) is 20.9 Å². The minimum Gasteiger partial charge on any atom is -0.371 e. The summed E-state index contributed by atoms with van der Waals surface area (Å²) in [6, 6.07) is 4.88. The van der Waals surface area contributed by atoms with Gasteiger partial charge in [-0.1, -0.05) is 6.42 Å². The van der Waals surface area contributed by atoms with E-state index in [-0.39, 0.29) is 30.1 Å². The van der Waals surface area contributed by atoms with Crippen molar-refractivity contribution in [3.05, 3.63) is 24.5 Å². The number of unbranched alkanes of at least 4 members (excludes halogenated alkanes) is 1. The van der Waals surface area contributed by atoms with Gasteiger partial charge in [-0.3, -0.25) is 9.78 Å². The van der Waals surface area contributed by atoms with Crippen molar-refractivity contribution in [2.45, 2.75) is 61.9 Å². The lowest BCUT2D eigenvalue weighted by molar-refractivity contribution is -0.122. The highest BCUT2D eigenvalue weighted by Crippen LogP contribution is 2.33. The molecule has 4 rings (SSSR count). The van der Waals surface area contributed by atoms with Gasteiger partial charge in [0.15, 0.2) is 0 Å². The third-order valence-electron chi connectivity index (χ3n) is 5.97. The van der Waals surface area contributed by atoms with Crippen LogP contribution < -0.4 is 20.9 Å². The molecule has 0 radical (unpaired) electrons. The third kappa shape index (κ3) is 4.71. The smallest absolute Gasteiger partial charge is 0.315 e. The molecular weight excluding hydrogens is 374 g/mol. The molecule has 0 aromatic carbocycles. The van der Waals surface area contributed by atoms with Crippen LogP contribution in [0, 0.1) is 0 Å². The second kappa shape index (κ2) is 9.03. The van der Waals surface area contributed by atoms with Crippen LogP contribution in [0.3, 0.4) is 0 Å². The molecular formula is C20H29N5O2S. The van der Waals surface area contributed by atoms with Crippen molar-refractivity contribution in [3.8, 4) is 0 Å².